The van der Waals surface area contributed by atoms with Gasteiger partial charge >= 0.3 is 0 Å². The Kier molecular flexibility index (Phi) is 5.07. The van der Waals surface area contributed by atoms with Crippen LogP contribution in [0.3, 0.4) is 0 Å². The molecular weight excluding hydrogens is 328 g/mol. The number of benzene rings is 1. The maximum Gasteiger partial charge on any atom is 0.274 e. The Morgan fingerprint density at radius 2 is 2.23 bits per heavy atom. The van der Waals surface area contributed by atoms with Crippen LogP contribution in [-0.2, 0) is 14.6 Å². The molecule has 9 heteroatoms. The topological polar surface area (TPSA) is 106 Å². The molecule has 0 aromatic heterocycles. The molecule has 7 nitrogen and oxygen atoms in total. The van der Waals surface area contributed by atoms with Crippen molar-refractivity contribution >= 4 is 38.9 Å². The van der Waals surface area contributed by atoms with Crippen LogP contribution in [0.4, 0.5) is 11.4 Å². The van der Waals surface area contributed by atoms with Crippen molar-refractivity contribution in [1.82, 2.24) is 0 Å². The lowest BCUT2D eigenvalue weighted by atomic mass is 10.1. The number of rotatable bonds is 5. The summed E-state index contributed by atoms with van der Waals surface area (Å²) in [5.41, 5.74) is 0.750. The molecule has 1 aliphatic heterocycles. The summed E-state index contributed by atoms with van der Waals surface area (Å²) < 4.78 is 22.7. The molecule has 1 amide bonds. The molecule has 1 aliphatic rings. The minimum absolute atomic E-state index is 0.0488. The number of anilines is 1. The molecule has 120 valence electrons. The first-order valence-corrected chi connectivity index (χ1v) is 9.51. The van der Waals surface area contributed by atoms with Crippen LogP contribution < -0.4 is 5.32 Å². The third-order valence-corrected chi connectivity index (χ3v) is 6.70. The number of sulfone groups is 1. The van der Waals surface area contributed by atoms with Gasteiger partial charge in [-0.05, 0) is 19.4 Å². The van der Waals surface area contributed by atoms with Gasteiger partial charge < -0.3 is 5.32 Å². The normalized spacial score (nSPS) is 19.8. The smallest absolute Gasteiger partial charge is 0.274 e. The van der Waals surface area contributed by atoms with E-state index in [1.165, 1.54) is 23.9 Å². The van der Waals surface area contributed by atoms with Gasteiger partial charge in [-0.15, -0.1) is 11.8 Å². The Hall–Kier alpha value is -1.61. The fraction of sp³-hybridized carbons (Fsp3) is 0.462. The van der Waals surface area contributed by atoms with E-state index in [4.69, 9.17) is 0 Å². The number of amides is 1. The molecule has 0 unspecified atom stereocenters. The lowest BCUT2D eigenvalue weighted by molar-refractivity contribution is -0.385. The molecule has 22 heavy (non-hydrogen) atoms. The van der Waals surface area contributed by atoms with E-state index < -0.39 is 14.8 Å². The highest BCUT2D eigenvalue weighted by Crippen LogP contribution is 2.27. The van der Waals surface area contributed by atoms with Crippen LogP contribution in [0.1, 0.15) is 12.0 Å². The Balaban J connectivity index is 1.93. The van der Waals surface area contributed by atoms with E-state index in [-0.39, 0.29) is 34.1 Å². The summed E-state index contributed by atoms with van der Waals surface area (Å²) in [6.45, 7) is 1.57. The number of nitrogens with one attached hydrogen (secondary N) is 1. The molecule has 2 rings (SSSR count). The summed E-state index contributed by atoms with van der Waals surface area (Å²) >= 11 is 1.30. The van der Waals surface area contributed by atoms with Crippen molar-refractivity contribution in [2.75, 3.05) is 22.6 Å². The summed E-state index contributed by atoms with van der Waals surface area (Å²) in [6, 6.07) is 4.49. The second-order valence-electron chi connectivity index (χ2n) is 5.09. The SMILES string of the molecule is Cc1c(NC(=O)CS[C@H]2CCS(=O)(=O)C2)cccc1[N+](=O)[O-]. The molecule has 1 aromatic rings. The zero-order valence-corrected chi connectivity index (χ0v) is 13.6. The molecule has 0 saturated carbocycles. The molecule has 1 saturated heterocycles. The Morgan fingerprint density at radius 1 is 1.50 bits per heavy atom. The van der Waals surface area contributed by atoms with Crippen LogP contribution in [0.15, 0.2) is 18.2 Å². The third kappa shape index (κ3) is 4.20. The number of carbonyl (C=O) groups is 1. The maximum atomic E-state index is 11.9. The number of carbonyl (C=O) groups excluding carboxylic acids is 1. The minimum Gasteiger partial charge on any atom is -0.325 e. The molecule has 1 fully saturated rings. The Labute approximate surface area is 132 Å². The predicted molar refractivity (Wildman–Crippen MR) is 86.0 cm³/mol. The summed E-state index contributed by atoms with van der Waals surface area (Å²) in [7, 11) is -2.95. The number of nitrogens with zero attached hydrogens (tertiary/aromatic N) is 1. The third-order valence-electron chi connectivity index (χ3n) is 3.42. The zero-order valence-electron chi connectivity index (χ0n) is 11.9. The van der Waals surface area contributed by atoms with Gasteiger partial charge in [0, 0.05) is 11.3 Å². The fourth-order valence-corrected chi connectivity index (χ4v) is 5.67. The van der Waals surface area contributed by atoms with Crippen LogP contribution in [0.2, 0.25) is 0 Å². The molecule has 0 radical (unpaired) electrons. The monoisotopic (exact) mass is 344 g/mol. The van der Waals surface area contributed by atoms with E-state index in [0.29, 0.717) is 17.7 Å². The molecule has 1 aromatic carbocycles. The van der Waals surface area contributed by atoms with Crippen molar-refractivity contribution < 1.29 is 18.1 Å². The fourth-order valence-electron chi connectivity index (χ4n) is 2.23. The van der Waals surface area contributed by atoms with E-state index in [1.54, 1.807) is 13.0 Å². The highest BCUT2D eigenvalue weighted by atomic mass is 32.2. The second-order valence-corrected chi connectivity index (χ2v) is 8.61. The lowest BCUT2D eigenvalue weighted by Crippen LogP contribution is -2.18. The quantitative estimate of drug-likeness (QED) is 0.644. The van der Waals surface area contributed by atoms with Gasteiger partial charge in [0.2, 0.25) is 5.91 Å². The summed E-state index contributed by atoms with van der Waals surface area (Å²) in [5, 5.41) is 13.4. The first kappa shape index (κ1) is 16.8. The number of nitro groups is 1. The van der Waals surface area contributed by atoms with Crippen LogP contribution in [0.25, 0.3) is 0 Å². The summed E-state index contributed by atoms with van der Waals surface area (Å²) in [6.07, 6.45) is 0.566. The van der Waals surface area contributed by atoms with Crippen LogP contribution >= 0.6 is 11.8 Å². The highest BCUT2D eigenvalue weighted by Gasteiger charge is 2.28. The molecular formula is C13H16N2O5S2. The van der Waals surface area contributed by atoms with Crippen LogP contribution in [0.5, 0.6) is 0 Å². The van der Waals surface area contributed by atoms with Gasteiger partial charge in [0.15, 0.2) is 9.84 Å². The van der Waals surface area contributed by atoms with Gasteiger partial charge in [-0.2, -0.15) is 0 Å². The van der Waals surface area contributed by atoms with Crippen molar-refractivity contribution in [3.05, 3.63) is 33.9 Å². The van der Waals surface area contributed by atoms with Gasteiger partial charge in [-0.25, -0.2) is 8.42 Å². The number of thioether (sulfide) groups is 1. The van der Waals surface area contributed by atoms with Gasteiger partial charge in [-0.1, -0.05) is 6.07 Å². The maximum absolute atomic E-state index is 11.9. The van der Waals surface area contributed by atoms with Crippen molar-refractivity contribution in [1.29, 1.82) is 0 Å². The summed E-state index contributed by atoms with van der Waals surface area (Å²) in [4.78, 5) is 22.3. The van der Waals surface area contributed by atoms with Crippen molar-refractivity contribution in [3.63, 3.8) is 0 Å². The predicted octanol–water partition coefficient (Wildman–Crippen LogP) is 1.76. The van der Waals surface area contributed by atoms with E-state index in [2.05, 4.69) is 5.32 Å². The lowest BCUT2D eigenvalue weighted by Gasteiger charge is -2.10. The minimum atomic E-state index is -2.95. The van der Waals surface area contributed by atoms with Gasteiger partial charge in [-0.3, -0.25) is 14.9 Å². The molecule has 0 bridgehead atoms. The Bertz CT molecular complexity index is 702. The molecule has 0 aliphatic carbocycles. The van der Waals surface area contributed by atoms with E-state index in [1.807, 2.05) is 0 Å². The highest BCUT2D eigenvalue weighted by molar-refractivity contribution is 8.02. The van der Waals surface area contributed by atoms with Crippen molar-refractivity contribution in [2.45, 2.75) is 18.6 Å². The average molecular weight is 344 g/mol. The van der Waals surface area contributed by atoms with E-state index in [9.17, 15) is 23.3 Å². The first-order valence-electron chi connectivity index (χ1n) is 6.64. The van der Waals surface area contributed by atoms with Crippen molar-refractivity contribution in [3.8, 4) is 0 Å². The van der Waals surface area contributed by atoms with Gasteiger partial charge in [0.1, 0.15) is 0 Å². The molecule has 1 N–H and O–H groups in total. The van der Waals surface area contributed by atoms with E-state index >= 15 is 0 Å². The Morgan fingerprint density at radius 3 is 2.82 bits per heavy atom. The number of hydrogen-bond acceptors (Lipinski definition) is 6. The molecule has 0 spiro atoms. The van der Waals surface area contributed by atoms with Crippen LogP contribution in [-0.4, -0.2) is 41.8 Å². The first-order chi connectivity index (χ1) is 10.3. The van der Waals surface area contributed by atoms with Gasteiger partial charge in [0.25, 0.3) is 5.69 Å². The summed E-state index contributed by atoms with van der Waals surface area (Å²) in [5.74, 6) is 0.122. The average Bonchev–Trinajstić information content (AvgIpc) is 2.78. The number of hydrogen-bond donors (Lipinski definition) is 1. The van der Waals surface area contributed by atoms with Crippen molar-refractivity contribution in [2.24, 2.45) is 0 Å². The molecule has 1 heterocycles. The standard InChI is InChI=1S/C13H16N2O5S2/c1-9-11(3-2-4-12(9)15(17)18)14-13(16)7-21-10-5-6-22(19,20)8-10/h2-4,10H,5-8H2,1H3,(H,14,16)/t10-/m0/s1. The zero-order chi connectivity index (χ0) is 16.3. The second kappa shape index (κ2) is 6.66. The number of nitro benzene ring substituents is 1. The van der Waals surface area contributed by atoms with Crippen LogP contribution in [0, 0.1) is 17.0 Å². The largest absolute Gasteiger partial charge is 0.325 e. The van der Waals surface area contributed by atoms with E-state index in [0.717, 1.165) is 0 Å². The molecule has 1 atom stereocenters. The van der Waals surface area contributed by atoms with Gasteiger partial charge in [0.05, 0.1) is 33.4 Å².